The molecule has 1 heteroatoms. The molecule has 1 nitrogen and oxygen atoms in total. The van der Waals surface area contributed by atoms with Crippen molar-refractivity contribution in [2.45, 2.75) is 181 Å². The highest BCUT2D eigenvalue weighted by Crippen LogP contribution is 2.23. The fraction of sp³-hybridized carbons (Fsp3) is 1.00. The number of hydrogen-bond acceptors (Lipinski definition) is 1. The zero-order valence-corrected chi connectivity index (χ0v) is 21.6. The summed E-state index contributed by atoms with van der Waals surface area (Å²) in [4.78, 5) is 0. The van der Waals surface area contributed by atoms with Gasteiger partial charge in [0.15, 0.2) is 0 Å². The summed E-state index contributed by atoms with van der Waals surface area (Å²) in [7, 11) is 0. The van der Waals surface area contributed by atoms with Gasteiger partial charge in [0, 0.05) is 11.1 Å². The van der Waals surface area contributed by atoms with E-state index in [1.807, 2.05) is 0 Å². The second-order valence-corrected chi connectivity index (χ2v) is 11.0. The highest BCUT2D eigenvalue weighted by Gasteiger charge is 2.26. The van der Waals surface area contributed by atoms with Crippen LogP contribution in [0.3, 0.4) is 0 Å². The normalized spacial score (nSPS) is 12.6. The van der Waals surface area contributed by atoms with Crippen molar-refractivity contribution in [2.24, 2.45) is 0 Å². The summed E-state index contributed by atoms with van der Waals surface area (Å²) in [5.74, 6) is 0. The summed E-state index contributed by atoms with van der Waals surface area (Å²) in [5, 5.41) is 3.98. The van der Waals surface area contributed by atoms with Crippen LogP contribution in [0.15, 0.2) is 0 Å². The molecular formula is C28H59N. The molecule has 0 fully saturated rings. The Hall–Kier alpha value is -0.0400. The fourth-order valence-corrected chi connectivity index (χ4v) is 4.80. The molecule has 29 heavy (non-hydrogen) atoms. The van der Waals surface area contributed by atoms with Crippen LogP contribution in [0.5, 0.6) is 0 Å². The smallest absolute Gasteiger partial charge is 0.0130 e. The van der Waals surface area contributed by atoms with Gasteiger partial charge in [0.2, 0.25) is 0 Å². The predicted octanol–water partition coefficient (Wildman–Crippen LogP) is 9.97. The van der Waals surface area contributed by atoms with Gasteiger partial charge >= 0.3 is 0 Å². The van der Waals surface area contributed by atoms with Crippen molar-refractivity contribution in [3.8, 4) is 0 Å². The first kappa shape index (κ1) is 29.0. The molecule has 0 aliphatic heterocycles. The van der Waals surface area contributed by atoms with E-state index in [-0.39, 0.29) is 11.1 Å². The summed E-state index contributed by atoms with van der Waals surface area (Å²) < 4.78 is 0. The van der Waals surface area contributed by atoms with Gasteiger partial charge in [-0.15, -0.1) is 0 Å². The molecule has 0 radical (unpaired) electrons. The summed E-state index contributed by atoms with van der Waals surface area (Å²) >= 11 is 0. The first-order valence-electron chi connectivity index (χ1n) is 13.6. The van der Waals surface area contributed by atoms with Crippen molar-refractivity contribution in [1.29, 1.82) is 0 Å². The van der Waals surface area contributed by atoms with E-state index in [1.54, 1.807) is 0 Å². The highest BCUT2D eigenvalue weighted by molar-refractivity contribution is 4.88. The van der Waals surface area contributed by atoms with Gasteiger partial charge in [0.05, 0.1) is 0 Å². The highest BCUT2D eigenvalue weighted by atomic mass is 15.0. The summed E-state index contributed by atoms with van der Waals surface area (Å²) in [5.41, 5.74) is 0.536. The molecule has 0 saturated heterocycles. The summed E-state index contributed by atoms with van der Waals surface area (Å²) in [6, 6.07) is 0. The molecule has 0 atom stereocenters. The van der Waals surface area contributed by atoms with Gasteiger partial charge in [0.25, 0.3) is 0 Å². The minimum absolute atomic E-state index is 0.268. The van der Waals surface area contributed by atoms with Crippen molar-refractivity contribution < 1.29 is 0 Å². The first-order valence-corrected chi connectivity index (χ1v) is 13.6. The number of nitrogens with one attached hydrogen (secondary N) is 1. The Labute approximate surface area is 186 Å². The molecule has 0 aromatic rings. The lowest BCUT2D eigenvalue weighted by Gasteiger charge is -2.37. The summed E-state index contributed by atoms with van der Waals surface area (Å²) in [6.45, 7) is 14.2. The SMILES string of the molecule is CCCCCCCCCCCC(C)(C)NC(C)(C)CCCCCCCCCCC. The van der Waals surface area contributed by atoms with Crippen LogP contribution in [0.25, 0.3) is 0 Å². The maximum absolute atomic E-state index is 3.98. The van der Waals surface area contributed by atoms with Crippen molar-refractivity contribution in [3.63, 3.8) is 0 Å². The van der Waals surface area contributed by atoms with E-state index < -0.39 is 0 Å². The van der Waals surface area contributed by atoms with E-state index in [0.29, 0.717) is 0 Å². The Balaban J connectivity index is 3.69. The lowest BCUT2D eigenvalue weighted by molar-refractivity contribution is 0.230. The second kappa shape index (κ2) is 18.7. The number of hydrogen-bond donors (Lipinski definition) is 1. The largest absolute Gasteiger partial charge is 0.307 e. The molecular weight excluding hydrogens is 350 g/mol. The maximum atomic E-state index is 3.98. The van der Waals surface area contributed by atoms with E-state index in [0.717, 1.165) is 0 Å². The van der Waals surface area contributed by atoms with Crippen LogP contribution in [0.4, 0.5) is 0 Å². The van der Waals surface area contributed by atoms with Gasteiger partial charge in [-0.3, -0.25) is 0 Å². The Morgan fingerprint density at radius 3 is 0.897 bits per heavy atom. The Bertz CT molecular complexity index is 299. The van der Waals surface area contributed by atoms with E-state index in [9.17, 15) is 0 Å². The van der Waals surface area contributed by atoms with Crippen LogP contribution in [0.2, 0.25) is 0 Å². The topological polar surface area (TPSA) is 12.0 Å². The van der Waals surface area contributed by atoms with Crippen LogP contribution in [-0.2, 0) is 0 Å². The average Bonchev–Trinajstić information content (AvgIpc) is 2.64. The molecule has 0 rings (SSSR count). The number of rotatable bonds is 22. The minimum atomic E-state index is 0.268. The van der Waals surface area contributed by atoms with Crippen LogP contribution < -0.4 is 5.32 Å². The third kappa shape index (κ3) is 21.0. The van der Waals surface area contributed by atoms with Crippen molar-refractivity contribution in [3.05, 3.63) is 0 Å². The maximum Gasteiger partial charge on any atom is 0.0130 e. The minimum Gasteiger partial charge on any atom is -0.307 e. The molecule has 0 aromatic carbocycles. The first-order chi connectivity index (χ1) is 13.8. The third-order valence-electron chi connectivity index (χ3n) is 6.49. The van der Waals surface area contributed by atoms with Gasteiger partial charge < -0.3 is 5.32 Å². The number of unbranched alkanes of at least 4 members (excludes halogenated alkanes) is 16. The van der Waals surface area contributed by atoms with E-state index in [2.05, 4.69) is 46.9 Å². The zero-order valence-electron chi connectivity index (χ0n) is 21.6. The molecule has 0 unspecified atom stereocenters. The predicted molar refractivity (Wildman–Crippen MR) is 135 cm³/mol. The summed E-state index contributed by atoms with van der Waals surface area (Å²) in [6.07, 6.45) is 28.2. The molecule has 0 bridgehead atoms. The van der Waals surface area contributed by atoms with E-state index in [1.165, 1.54) is 128 Å². The van der Waals surface area contributed by atoms with Gasteiger partial charge in [0.1, 0.15) is 0 Å². The van der Waals surface area contributed by atoms with Crippen LogP contribution >= 0.6 is 0 Å². The van der Waals surface area contributed by atoms with Gasteiger partial charge in [-0.05, 0) is 40.5 Å². The Morgan fingerprint density at radius 2 is 0.621 bits per heavy atom. The van der Waals surface area contributed by atoms with Gasteiger partial charge in [-0.25, -0.2) is 0 Å². The van der Waals surface area contributed by atoms with Gasteiger partial charge in [-0.1, -0.05) is 129 Å². The third-order valence-corrected chi connectivity index (χ3v) is 6.49. The molecule has 0 saturated carbocycles. The molecule has 176 valence electrons. The van der Waals surface area contributed by atoms with Crippen LogP contribution in [0.1, 0.15) is 170 Å². The second-order valence-electron chi connectivity index (χ2n) is 11.0. The molecule has 0 aliphatic rings. The molecule has 0 aromatic heterocycles. The van der Waals surface area contributed by atoms with Crippen molar-refractivity contribution >= 4 is 0 Å². The lowest BCUT2D eigenvalue weighted by atomic mass is 9.89. The molecule has 0 spiro atoms. The Morgan fingerprint density at radius 1 is 0.379 bits per heavy atom. The van der Waals surface area contributed by atoms with E-state index in [4.69, 9.17) is 0 Å². The average molecular weight is 410 g/mol. The van der Waals surface area contributed by atoms with E-state index >= 15 is 0 Å². The molecule has 0 amide bonds. The van der Waals surface area contributed by atoms with Crippen LogP contribution in [0, 0.1) is 0 Å². The standard InChI is InChI=1S/C28H59N/c1-7-9-11-13-15-17-19-21-23-25-27(3,4)29-28(5,6)26-24-22-20-18-16-14-12-10-8-2/h29H,7-26H2,1-6H3. The fourth-order valence-electron chi connectivity index (χ4n) is 4.80. The Kier molecular flexibility index (Phi) is 18.7. The van der Waals surface area contributed by atoms with Crippen molar-refractivity contribution in [2.75, 3.05) is 0 Å². The van der Waals surface area contributed by atoms with Crippen molar-refractivity contribution in [1.82, 2.24) is 5.32 Å². The molecule has 0 heterocycles. The zero-order chi connectivity index (χ0) is 21.8. The quantitative estimate of drug-likeness (QED) is 0.175. The lowest BCUT2D eigenvalue weighted by Crippen LogP contribution is -2.51. The van der Waals surface area contributed by atoms with Crippen LogP contribution in [-0.4, -0.2) is 11.1 Å². The molecule has 0 aliphatic carbocycles. The molecule has 1 N–H and O–H groups in total. The van der Waals surface area contributed by atoms with Gasteiger partial charge in [-0.2, -0.15) is 0 Å². The monoisotopic (exact) mass is 409 g/mol.